The number of carbonyl (C=O) groups is 1. The number of hydrogen-bond donors (Lipinski definition) is 0. The molecule has 2 unspecified atom stereocenters. The van der Waals surface area contributed by atoms with Crippen molar-refractivity contribution < 1.29 is 18.0 Å². The van der Waals surface area contributed by atoms with E-state index in [4.69, 9.17) is 11.6 Å². The van der Waals surface area contributed by atoms with Gasteiger partial charge in [-0.3, -0.25) is 4.79 Å². The fourth-order valence-corrected chi connectivity index (χ4v) is 4.51. The molecule has 0 bridgehead atoms. The van der Waals surface area contributed by atoms with E-state index in [1.54, 1.807) is 11.8 Å². The molecule has 0 spiro atoms. The Morgan fingerprint density at radius 1 is 1.23 bits per heavy atom. The Kier molecular flexibility index (Phi) is 5.75. The Hall–Kier alpha value is -2.87. The fraction of sp³-hybridized carbons (Fsp3) is 0.318. The number of nitrogens with zero attached hydrogens (tertiary/aromatic N) is 4. The van der Waals surface area contributed by atoms with E-state index in [-0.39, 0.29) is 27.8 Å². The van der Waals surface area contributed by atoms with Crippen molar-refractivity contribution in [1.82, 2.24) is 9.80 Å². The number of piperazine rings is 1. The molecule has 2 heterocycles. The maximum atomic E-state index is 15.6. The van der Waals surface area contributed by atoms with Crippen LogP contribution in [0.5, 0.6) is 0 Å². The number of allylic oxidation sites excluding steroid dienone is 3. The molecule has 4 rings (SSSR count). The molecule has 9 heteroatoms. The predicted molar refractivity (Wildman–Crippen MR) is 114 cm³/mol. The van der Waals surface area contributed by atoms with Crippen LogP contribution in [0.25, 0.3) is 5.57 Å². The van der Waals surface area contributed by atoms with Crippen LogP contribution in [0.4, 0.5) is 13.2 Å². The van der Waals surface area contributed by atoms with E-state index in [2.05, 4.69) is 16.6 Å². The number of halogens is 4. The highest BCUT2D eigenvalue weighted by Gasteiger charge is 2.42. The van der Waals surface area contributed by atoms with Gasteiger partial charge in [0.2, 0.25) is 5.91 Å². The summed E-state index contributed by atoms with van der Waals surface area (Å²) in [5.41, 5.74) is -0.111. The number of hydrogen-bond acceptors (Lipinski definition) is 4. The van der Waals surface area contributed by atoms with Crippen molar-refractivity contribution in [3.05, 3.63) is 64.6 Å². The predicted octanol–water partition coefficient (Wildman–Crippen LogP) is 4.13. The Bertz CT molecular complexity index is 1070. The summed E-state index contributed by atoms with van der Waals surface area (Å²) >= 11 is 6.54. The Morgan fingerprint density at radius 3 is 2.58 bits per heavy atom. The summed E-state index contributed by atoms with van der Waals surface area (Å²) < 4.78 is 43.3. The highest BCUT2D eigenvalue weighted by molar-refractivity contribution is 6.34. The van der Waals surface area contributed by atoms with Crippen LogP contribution in [0, 0.1) is 23.5 Å². The van der Waals surface area contributed by atoms with Crippen LogP contribution < -0.4 is 0 Å². The molecular weight excluding hydrogens is 429 g/mol. The van der Waals surface area contributed by atoms with Gasteiger partial charge in [-0.05, 0) is 18.2 Å². The molecule has 0 saturated carbocycles. The lowest BCUT2D eigenvalue weighted by Gasteiger charge is -2.41. The summed E-state index contributed by atoms with van der Waals surface area (Å²) in [6.45, 7) is 7.32. The minimum Gasteiger partial charge on any atom is -0.356 e. The Morgan fingerprint density at radius 2 is 1.94 bits per heavy atom. The van der Waals surface area contributed by atoms with Gasteiger partial charge >= 0.3 is 0 Å². The zero-order valence-electron chi connectivity index (χ0n) is 16.8. The van der Waals surface area contributed by atoms with E-state index in [0.29, 0.717) is 38.1 Å². The van der Waals surface area contributed by atoms with Gasteiger partial charge in [-0.15, -0.1) is 0 Å². The van der Waals surface area contributed by atoms with Crippen LogP contribution in [-0.2, 0) is 4.79 Å². The number of fused-ring (bicyclic) bond motifs is 1. The first-order valence-corrected chi connectivity index (χ1v) is 10.2. The molecule has 3 aliphatic rings. The molecule has 1 amide bonds. The molecule has 2 aliphatic heterocycles. The van der Waals surface area contributed by atoms with Gasteiger partial charge in [0.1, 0.15) is 23.8 Å². The van der Waals surface area contributed by atoms with Gasteiger partial charge in [-0.25, -0.2) is 23.2 Å². The zero-order valence-corrected chi connectivity index (χ0v) is 17.5. The fourth-order valence-electron chi connectivity index (χ4n) is 4.20. The average Bonchev–Trinajstić information content (AvgIpc) is 2.78. The summed E-state index contributed by atoms with van der Waals surface area (Å²) in [5.74, 6) is -2.91. The van der Waals surface area contributed by atoms with Gasteiger partial charge in [0.15, 0.2) is 5.83 Å². The lowest BCUT2D eigenvalue weighted by molar-refractivity contribution is -0.127. The summed E-state index contributed by atoms with van der Waals surface area (Å²) in [6, 6.07) is 2.93. The molecule has 1 aromatic rings. The molecule has 162 valence electrons. The van der Waals surface area contributed by atoms with Crippen molar-refractivity contribution in [1.29, 1.82) is 0 Å². The third-order valence-corrected chi connectivity index (χ3v) is 6.37. The zero-order chi connectivity index (χ0) is 22.3. The maximum Gasteiger partial charge on any atom is 0.246 e. The normalized spacial score (nSPS) is 23.7. The van der Waals surface area contributed by atoms with Crippen LogP contribution in [0.15, 0.2) is 57.4 Å². The largest absolute Gasteiger partial charge is 0.356 e. The quantitative estimate of drug-likeness (QED) is 0.639. The van der Waals surface area contributed by atoms with Crippen LogP contribution in [0.1, 0.15) is 12.5 Å². The van der Waals surface area contributed by atoms with Crippen molar-refractivity contribution in [2.24, 2.45) is 21.8 Å². The second-order valence-electron chi connectivity index (χ2n) is 7.56. The number of amidine groups is 1. The maximum absolute atomic E-state index is 15.6. The highest BCUT2D eigenvalue weighted by Crippen LogP contribution is 2.47. The van der Waals surface area contributed by atoms with Crippen LogP contribution in [-0.4, -0.2) is 54.1 Å². The molecule has 1 fully saturated rings. The third kappa shape index (κ3) is 3.69. The number of rotatable bonds is 2. The van der Waals surface area contributed by atoms with Crippen molar-refractivity contribution in [3.63, 3.8) is 0 Å². The lowest BCUT2D eigenvalue weighted by Crippen LogP contribution is -2.53. The molecule has 1 aliphatic carbocycles. The first-order valence-electron chi connectivity index (χ1n) is 9.85. The second-order valence-corrected chi connectivity index (χ2v) is 7.97. The number of amides is 1. The van der Waals surface area contributed by atoms with E-state index in [9.17, 15) is 13.6 Å². The van der Waals surface area contributed by atoms with E-state index < -0.39 is 29.3 Å². The molecule has 31 heavy (non-hydrogen) atoms. The van der Waals surface area contributed by atoms with Gasteiger partial charge in [0.05, 0.1) is 11.6 Å². The van der Waals surface area contributed by atoms with Gasteiger partial charge in [0, 0.05) is 54.3 Å². The summed E-state index contributed by atoms with van der Waals surface area (Å²) in [7, 11) is 0. The van der Waals surface area contributed by atoms with Gasteiger partial charge in [-0.2, -0.15) is 0 Å². The van der Waals surface area contributed by atoms with Crippen molar-refractivity contribution >= 4 is 35.3 Å². The number of benzene rings is 1. The van der Waals surface area contributed by atoms with Crippen molar-refractivity contribution in [2.75, 3.05) is 26.2 Å². The van der Waals surface area contributed by atoms with E-state index >= 15 is 4.39 Å². The standard InChI is InChI=1S/C22H20ClF3N4O/c1-3-16(31)29-6-8-30(9-7-29)22-17-12(2)19(23)18(20(26)21(17)27-11-28-22)14-5-4-13(24)10-15(14)25/h3-5,10-12,17H,1,6-9H2,2H3. The van der Waals surface area contributed by atoms with Crippen molar-refractivity contribution in [2.45, 2.75) is 6.92 Å². The molecule has 0 radical (unpaired) electrons. The van der Waals surface area contributed by atoms with Gasteiger partial charge in [-0.1, -0.05) is 25.1 Å². The minimum atomic E-state index is -0.897. The SMILES string of the molecule is C=CC(=O)N1CCN(C2=NC=NC3=C(F)C(c4ccc(F)cc4F)=C(Cl)C(C)C23)CC1. The van der Waals surface area contributed by atoms with Gasteiger partial charge < -0.3 is 9.80 Å². The Labute approximate surface area is 182 Å². The Balaban J connectivity index is 1.67. The minimum absolute atomic E-state index is 0.113. The molecule has 0 N–H and O–H groups in total. The van der Waals surface area contributed by atoms with E-state index in [1.165, 1.54) is 18.5 Å². The third-order valence-electron chi connectivity index (χ3n) is 5.83. The van der Waals surface area contributed by atoms with Crippen LogP contribution in [0.3, 0.4) is 0 Å². The topological polar surface area (TPSA) is 48.3 Å². The van der Waals surface area contributed by atoms with Crippen LogP contribution >= 0.6 is 11.6 Å². The van der Waals surface area contributed by atoms with E-state index in [0.717, 1.165) is 6.07 Å². The number of aliphatic imine (C=N–C) groups is 2. The summed E-state index contributed by atoms with van der Waals surface area (Å²) in [5, 5.41) is 0.127. The molecule has 2 atom stereocenters. The summed E-state index contributed by atoms with van der Waals surface area (Å²) in [6.07, 6.45) is 2.55. The smallest absolute Gasteiger partial charge is 0.246 e. The highest BCUT2D eigenvalue weighted by atomic mass is 35.5. The molecule has 1 saturated heterocycles. The summed E-state index contributed by atoms with van der Waals surface area (Å²) in [4.78, 5) is 24.0. The van der Waals surface area contributed by atoms with Gasteiger partial charge in [0.25, 0.3) is 0 Å². The molecule has 0 aromatic heterocycles. The first-order chi connectivity index (χ1) is 14.8. The second kappa shape index (κ2) is 8.34. The number of carbonyl (C=O) groups excluding carboxylic acids is 1. The average molecular weight is 449 g/mol. The molecular formula is C22H20ClF3N4O. The lowest BCUT2D eigenvalue weighted by atomic mass is 9.80. The monoisotopic (exact) mass is 448 g/mol. The van der Waals surface area contributed by atoms with Crippen molar-refractivity contribution in [3.8, 4) is 0 Å². The molecule has 1 aromatic carbocycles. The van der Waals surface area contributed by atoms with Crippen LogP contribution in [0.2, 0.25) is 0 Å². The molecule has 5 nitrogen and oxygen atoms in total. The first kappa shape index (κ1) is 21.4. The van der Waals surface area contributed by atoms with E-state index in [1.807, 2.05) is 4.90 Å².